The van der Waals surface area contributed by atoms with Crippen molar-refractivity contribution < 1.29 is 9.50 Å². The molecular formula is C11H14ClFOS. The van der Waals surface area contributed by atoms with Gasteiger partial charge in [-0.3, -0.25) is 0 Å². The predicted molar refractivity (Wildman–Crippen MR) is 64.1 cm³/mol. The highest BCUT2D eigenvalue weighted by Gasteiger charge is 2.09. The molecule has 1 aromatic carbocycles. The summed E-state index contributed by atoms with van der Waals surface area (Å²) in [5.41, 5.74) is 0.521. The molecule has 0 saturated heterocycles. The molecule has 0 heterocycles. The molecule has 0 aliphatic heterocycles. The summed E-state index contributed by atoms with van der Waals surface area (Å²) in [5, 5.41) is 10.00. The minimum Gasteiger partial charge on any atom is -0.393 e. The number of hydrogen-bond acceptors (Lipinski definition) is 2. The summed E-state index contributed by atoms with van der Waals surface area (Å²) in [6.07, 6.45) is 2.54. The maximum atomic E-state index is 13.3. The van der Waals surface area contributed by atoms with Crippen molar-refractivity contribution in [1.29, 1.82) is 0 Å². The summed E-state index contributed by atoms with van der Waals surface area (Å²) >= 11 is 7.30. The second-order valence-corrected chi connectivity index (χ2v) is 4.80. The van der Waals surface area contributed by atoms with Crippen LogP contribution in [0.4, 0.5) is 4.39 Å². The zero-order chi connectivity index (χ0) is 11.3. The standard InChI is InChI=1S/C11H14ClFOS/c1-15-5-4-10(14)6-8-2-3-9(12)7-11(8)13/h2-3,7,10,14H,4-6H2,1H3. The van der Waals surface area contributed by atoms with Gasteiger partial charge >= 0.3 is 0 Å². The highest BCUT2D eigenvalue weighted by molar-refractivity contribution is 7.98. The first kappa shape index (κ1) is 12.8. The molecule has 84 valence electrons. The molecule has 1 nitrogen and oxygen atoms in total. The Morgan fingerprint density at radius 2 is 2.27 bits per heavy atom. The van der Waals surface area contributed by atoms with E-state index in [-0.39, 0.29) is 5.82 Å². The summed E-state index contributed by atoms with van der Waals surface area (Å²) in [6.45, 7) is 0. The maximum absolute atomic E-state index is 13.3. The van der Waals surface area contributed by atoms with Gasteiger partial charge in [0.05, 0.1) is 6.10 Å². The predicted octanol–water partition coefficient (Wildman–Crippen LogP) is 3.14. The van der Waals surface area contributed by atoms with Crippen LogP contribution in [-0.2, 0) is 6.42 Å². The average molecular weight is 249 g/mol. The summed E-state index contributed by atoms with van der Waals surface area (Å²) in [7, 11) is 0. The third-order valence-electron chi connectivity index (χ3n) is 2.13. The van der Waals surface area contributed by atoms with Crippen LogP contribution in [0.1, 0.15) is 12.0 Å². The molecule has 1 unspecified atom stereocenters. The van der Waals surface area contributed by atoms with Crippen LogP contribution in [0, 0.1) is 5.82 Å². The number of aliphatic hydroxyl groups excluding tert-OH is 1. The summed E-state index contributed by atoms with van der Waals surface area (Å²) in [5.74, 6) is 0.543. The largest absolute Gasteiger partial charge is 0.393 e. The Morgan fingerprint density at radius 1 is 1.53 bits per heavy atom. The molecule has 1 rings (SSSR count). The van der Waals surface area contributed by atoms with E-state index >= 15 is 0 Å². The van der Waals surface area contributed by atoms with Crippen LogP contribution < -0.4 is 0 Å². The van der Waals surface area contributed by atoms with E-state index < -0.39 is 6.10 Å². The van der Waals surface area contributed by atoms with Crippen LogP contribution in [0.5, 0.6) is 0 Å². The van der Waals surface area contributed by atoms with Crippen LogP contribution in [0.15, 0.2) is 18.2 Å². The van der Waals surface area contributed by atoms with Crippen molar-refractivity contribution in [2.24, 2.45) is 0 Å². The number of rotatable bonds is 5. The first-order chi connectivity index (χ1) is 7.13. The summed E-state index contributed by atoms with van der Waals surface area (Å²) in [6, 6.07) is 4.54. The molecule has 0 aromatic heterocycles. The second kappa shape index (κ2) is 6.36. The minimum atomic E-state index is -0.479. The van der Waals surface area contributed by atoms with Gasteiger partial charge in [-0.2, -0.15) is 11.8 Å². The van der Waals surface area contributed by atoms with E-state index in [2.05, 4.69) is 0 Å². The Hall–Kier alpha value is -0.250. The van der Waals surface area contributed by atoms with Gasteiger partial charge in [0.2, 0.25) is 0 Å². The number of benzene rings is 1. The Kier molecular flexibility index (Phi) is 5.43. The molecule has 15 heavy (non-hydrogen) atoms. The Bertz CT molecular complexity index is 319. The van der Waals surface area contributed by atoms with Gasteiger partial charge in [-0.1, -0.05) is 17.7 Å². The van der Waals surface area contributed by atoms with Gasteiger partial charge in [0.25, 0.3) is 0 Å². The zero-order valence-corrected chi connectivity index (χ0v) is 10.1. The molecule has 1 N–H and O–H groups in total. The fourth-order valence-electron chi connectivity index (χ4n) is 1.30. The fourth-order valence-corrected chi connectivity index (χ4v) is 1.96. The van der Waals surface area contributed by atoms with Gasteiger partial charge in [-0.25, -0.2) is 4.39 Å². The van der Waals surface area contributed by atoms with E-state index in [1.807, 2.05) is 6.26 Å². The van der Waals surface area contributed by atoms with Crippen molar-refractivity contribution in [3.63, 3.8) is 0 Å². The van der Waals surface area contributed by atoms with Crippen molar-refractivity contribution in [1.82, 2.24) is 0 Å². The normalized spacial score (nSPS) is 12.8. The highest BCUT2D eigenvalue weighted by atomic mass is 35.5. The van der Waals surface area contributed by atoms with E-state index in [9.17, 15) is 9.50 Å². The Labute approximate surface area is 98.6 Å². The van der Waals surface area contributed by atoms with Crippen LogP contribution in [0.3, 0.4) is 0 Å². The number of thioether (sulfide) groups is 1. The lowest BCUT2D eigenvalue weighted by atomic mass is 10.1. The van der Waals surface area contributed by atoms with Crippen LogP contribution in [0.25, 0.3) is 0 Å². The molecule has 0 amide bonds. The smallest absolute Gasteiger partial charge is 0.127 e. The van der Waals surface area contributed by atoms with Crippen LogP contribution in [-0.4, -0.2) is 23.2 Å². The van der Waals surface area contributed by atoms with Gasteiger partial charge in [0.15, 0.2) is 0 Å². The lowest BCUT2D eigenvalue weighted by Crippen LogP contribution is -2.12. The first-order valence-electron chi connectivity index (χ1n) is 4.74. The molecule has 0 aliphatic rings. The van der Waals surface area contributed by atoms with Crippen LogP contribution >= 0.6 is 23.4 Å². The minimum absolute atomic E-state index is 0.342. The third kappa shape index (κ3) is 4.41. The molecule has 0 fully saturated rings. The van der Waals surface area contributed by atoms with E-state index in [1.165, 1.54) is 6.07 Å². The van der Waals surface area contributed by atoms with Gasteiger partial charge in [-0.15, -0.1) is 0 Å². The van der Waals surface area contributed by atoms with Crippen molar-refractivity contribution in [3.8, 4) is 0 Å². The lowest BCUT2D eigenvalue weighted by molar-refractivity contribution is 0.171. The lowest BCUT2D eigenvalue weighted by Gasteiger charge is -2.10. The molecule has 1 atom stereocenters. The summed E-state index contributed by atoms with van der Waals surface area (Å²) in [4.78, 5) is 0. The number of aliphatic hydroxyl groups is 1. The Morgan fingerprint density at radius 3 is 2.87 bits per heavy atom. The number of hydrogen-bond donors (Lipinski definition) is 1. The molecule has 0 spiro atoms. The van der Waals surface area contributed by atoms with Crippen molar-refractivity contribution in [2.45, 2.75) is 18.9 Å². The molecule has 0 aliphatic carbocycles. The Balaban J connectivity index is 2.56. The SMILES string of the molecule is CSCCC(O)Cc1ccc(Cl)cc1F. The van der Waals surface area contributed by atoms with Crippen LogP contribution in [0.2, 0.25) is 5.02 Å². The quantitative estimate of drug-likeness (QED) is 0.864. The molecule has 4 heteroatoms. The topological polar surface area (TPSA) is 20.2 Å². The van der Waals surface area contributed by atoms with Crippen molar-refractivity contribution in [2.75, 3.05) is 12.0 Å². The van der Waals surface area contributed by atoms with Gasteiger partial charge in [0, 0.05) is 11.4 Å². The first-order valence-corrected chi connectivity index (χ1v) is 6.51. The highest BCUT2D eigenvalue weighted by Crippen LogP contribution is 2.17. The fraction of sp³-hybridized carbons (Fsp3) is 0.455. The third-order valence-corrected chi connectivity index (χ3v) is 3.00. The van der Waals surface area contributed by atoms with E-state index in [4.69, 9.17) is 11.6 Å². The molecule has 0 bridgehead atoms. The second-order valence-electron chi connectivity index (χ2n) is 3.38. The molecular weight excluding hydrogens is 235 g/mol. The molecule has 0 radical (unpaired) electrons. The van der Waals surface area contributed by atoms with E-state index in [1.54, 1.807) is 23.9 Å². The van der Waals surface area contributed by atoms with E-state index in [0.29, 0.717) is 23.4 Å². The van der Waals surface area contributed by atoms with Crippen molar-refractivity contribution >= 4 is 23.4 Å². The van der Waals surface area contributed by atoms with Gasteiger partial charge < -0.3 is 5.11 Å². The van der Waals surface area contributed by atoms with E-state index in [0.717, 1.165) is 5.75 Å². The van der Waals surface area contributed by atoms with Gasteiger partial charge in [0.1, 0.15) is 5.82 Å². The number of halogens is 2. The summed E-state index contributed by atoms with van der Waals surface area (Å²) < 4.78 is 13.3. The maximum Gasteiger partial charge on any atom is 0.127 e. The zero-order valence-electron chi connectivity index (χ0n) is 8.54. The van der Waals surface area contributed by atoms with Crippen molar-refractivity contribution in [3.05, 3.63) is 34.6 Å². The molecule has 0 saturated carbocycles. The molecule has 1 aromatic rings. The van der Waals surface area contributed by atoms with Gasteiger partial charge in [-0.05, 0) is 36.1 Å². The average Bonchev–Trinajstić information content (AvgIpc) is 2.19. The monoisotopic (exact) mass is 248 g/mol.